The summed E-state index contributed by atoms with van der Waals surface area (Å²) < 4.78 is 6.15. The van der Waals surface area contributed by atoms with Gasteiger partial charge >= 0.3 is 5.97 Å². The highest BCUT2D eigenvalue weighted by Crippen LogP contribution is 2.76. The molecule has 27 heavy (non-hydrogen) atoms. The third-order valence-electron chi connectivity index (χ3n) is 10.4. The summed E-state index contributed by atoms with van der Waals surface area (Å²) in [5.74, 6) is 4.12. The van der Waals surface area contributed by atoms with Crippen LogP contribution in [0.25, 0.3) is 0 Å². The van der Waals surface area contributed by atoms with E-state index in [2.05, 4.69) is 19.9 Å². The second-order valence-corrected chi connectivity index (χ2v) is 10.8. The predicted octanol–water partition coefficient (Wildman–Crippen LogP) is 4.84. The second kappa shape index (κ2) is 5.07. The largest absolute Gasteiger partial charge is 0.458 e. The van der Waals surface area contributed by atoms with E-state index < -0.39 is 0 Å². The first-order valence-corrected chi connectivity index (χ1v) is 11.4. The lowest BCUT2D eigenvalue weighted by molar-refractivity contribution is -0.173. The van der Waals surface area contributed by atoms with Crippen LogP contribution in [0.15, 0.2) is 11.6 Å². The van der Waals surface area contributed by atoms with Crippen molar-refractivity contribution in [2.45, 2.75) is 83.7 Å². The van der Waals surface area contributed by atoms with Crippen LogP contribution in [0.3, 0.4) is 0 Å². The summed E-state index contributed by atoms with van der Waals surface area (Å²) in [6.45, 7) is 4.84. The van der Waals surface area contributed by atoms with Crippen molar-refractivity contribution in [2.75, 3.05) is 0 Å². The summed E-state index contributed by atoms with van der Waals surface area (Å²) in [7, 11) is 0. The summed E-state index contributed by atoms with van der Waals surface area (Å²) in [6.07, 6.45) is 12.7. The van der Waals surface area contributed by atoms with E-state index in [1.807, 2.05) is 0 Å². The van der Waals surface area contributed by atoms with E-state index in [0.717, 1.165) is 55.8 Å². The van der Waals surface area contributed by atoms with Crippen LogP contribution in [0.1, 0.15) is 78.1 Å². The molecule has 5 aliphatic carbocycles. The predicted molar refractivity (Wildman–Crippen MR) is 102 cm³/mol. The Morgan fingerprint density at radius 1 is 1.07 bits per heavy atom. The summed E-state index contributed by atoms with van der Waals surface area (Å²) in [4.78, 5) is 24.2. The van der Waals surface area contributed by atoms with Gasteiger partial charge in [0.05, 0.1) is 0 Å². The molecule has 0 aromatic rings. The third kappa shape index (κ3) is 1.85. The Balaban J connectivity index is 1.42. The average Bonchev–Trinajstić information content (AvgIpc) is 3.27. The fourth-order valence-corrected chi connectivity index (χ4v) is 9.23. The smallest absolute Gasteiger partial charge is 0.306 e. The zero-order chi connectivity index (χ0) is 18.6. The van der Waals surface area contributed by atoms with Crippen LogP contribution in [-0.4, -0.2) is 17.4 Å². The normalized spacial score (nSPS) is 55.3. The Hall–Kier alpha value is -1.12. The van der Waals surface area contributed by atoms with Gasteiger partial charge in [-0.1, -0.05) is 19.4 Å². The quantitative estimate of drug-likeness (QED) is 0.622. The van der Waals surface area contributed by atoms with Crippen LogP contribution >= 0.6 is 0 Å². The van der Waals surface area contributed by atoms with Crippen LogP contribution in [0, 0.1) is 40.4 Å². The number of carbonyl (C=O) groups is 2. The lowest BCUT2D eigenvalue weighted by Crippen LogP contribution is -2.56. The summed E-state index contributed by atoms with van der Waals surface area (Å²) in [5, 5.41) is 0. The zero-order valence-corrected chi connectivity index (χ0v) is 16.8. The van der Waals surface area contributed by atoms with Crippen molar-refractivity contribution in [1.29, 1.82) is 0 Å². The first-order valence-electron chi connectivity index (χ1n) is 11.4. The van der Waals surface area contributed by atoms with Gasteiger partial charge in [-0.2, -0.15) is 0 Å². The van der Waals surface area contributed by atoms with Gasteiger partial charge in [-0.25, -0.2) is 0 Å². The van der Waals surface area contributed by atoms with E-state index in [1.54, 1.807) is 0 Å². The van der Waals surface area contributed by atoms with Crippen molar-refractivity contribution in [3.05, 3.63) is 11.6 Å². The summed E-state index contributed by atoms with van der Waals surface area (Å²) in [6, 6.07) is 0. The maximum Gasteiger partial charge on any atom is 0.306 e. The van der Waals surface area contributed by atoms with Crippen LogP contribution in [0.5, 0.6) is 0 Å². The number of esters is 1. The number of fused-ring (bicyclic) bond motifs is 9. The molecule has 8 unspecified atom stereocenters. The molecule has 5 fully saturated rings. The molecule has 8 atom stereocenters. The fraction of sp³-hybridized carbons (Fsp3) is 0.833. The first-order chi connectivity index (χ1) is 12.9. The molecule has 0 N–H and O–H groups in total. The summed E-state index contributed by atoms with van der Waals surface area (Å²) in [5.41, 5.74) is 1.83. The molecule has 3 nitrogen and oxygen atoms in total. The molecule has 0 aromatic heterocycles. The third-order valence-corrected chi connectivity index (χ3v) is 10.4. The molecule has 6 aliphatic rings. The molecule has 3 heteroatoms. The highest BCUT2D eigenvalue weighted by molar-refractivity contribution is 5.92. The Bertz CT molecular complexity index is 768. The van der Waals surface area contributed by atoms with Crippen molar-refractivity contribution in [1.82, 2.24) is 0 Å². The van der Waals surface area contributed by atoms with Crippen LogP contribution in [0.2, 0.25) is 0 Å². The fourth-order valence-electron chi connectivity index (χ4n) is 9.23. The van der Waals surface area contributed by atoms with Crippen molar-refractivity contribution in [3.63, 3.8) is 0 Å². The van der Waals surface area contributed by atoms with Gasteiger partial charge in [0.25, 0.3) is 0 Å². The molecular weight excluding hydrogens is 336 g/mol. The number of rotatable bonds is 1. The van der Waals surface area contributed by atoms with Gasteiger partial charge in [0.15, 0.2) is 5.78 Å². The molecule has 146 valence electrons. The Morgan fingerprint density at radius 2 is 1.89 bits per heavy atom. The van der Waals surface area contributed by atoms with Gasteiger partial charge < -0.3 is 4.74 Å². The van der Waals surface area contributed by atoms with E-state index in [1.165, 1.54) is 31.3 Å². The van der Waals surface area contributed by atoms with Gasteiger partial charge in [0, 0.05) is 18.3 Å². The topological polar surface area (TPSA) is 43.4 Å². The molecule has 1 heterocycles. The highest BCUT2D eigenvalue weighted by atomic mass is 16.6. The SMILES string of the molecule is CCC12CCC3C(C4CC4C4=CC(=O)CCC43C)C1CCC21CCC(=O)O1. The van der Waals surface area contributed by atoms with E-state index in [4.69, 9.17) is 4.74 Å². The molecular formula is C24H32O3. The van der Waals surface area contributed by atoms with E-state index in [0.29, 0.717) is 18.1 Å². The van der Waals surface area contributed by atoms with Crippen molar-refractivity contribution in [2.24, 2.45) is 40.4 Å². The maximum absolute atomic E-state index is 12.1. The molecule has 0 radical (unpaired) electrons. The molecule has 0 aromatic carbocycles. The van der Waals surface area contributed by atoms with Gasteiger partial charge in [-0.3, -0.25) is 9.59 Å². The average molecular weight is 369 g/mol. The lowest BCUT2D eigenvalue weighted by atomic mass is 9.45. The van der Waals surface area contributed by atoms with E-state index in [-0.39, 0.29) is 22.4 Å². The minimum atomic E-state index is -0.154. The summed E-state index contributed by atoms with van der Waals surface area (Å²) >= 11 is 0. The van der Waals surface area contributed by atoms with Gasteiger partial charge in [0.2, 0.25) is 0 Å². The maximum atomic E-state index is 12.1. The van der Waals surface area contributed by atoms with Crippen LogP contribution < -0.4 is 0 Å². The number of carbonyl (C=O) groups excluding carboxylic acids is 2. The highest BCUT2D eigenvalue weighted by Gasteiger charge is 2.72. The Morgan fingerprint density at radius 3 is 2.63 bits per heavy atom. The van der Waals surface area contributed by atoms with Gasteiger partial charge in [-0.15, -0.1) is 0 Å². The monoisotopic (exact) mass is 368 g/mol. The number of allylic oxidation sites excluding steroid dienone is 1. The molecule has 1 saturated heterocycles. The first kappa shape index (κ1) is 16.8. The molecule has 0 amide bonds. The molecule has 0 bridgehead atoms. The zero-order valence-electron chi connectivity index (χ0n) is 16.8. The Labute approximate surface area is 162 Å². The molecule has 1 spiro atoms. The molecule has 4 saturated carbocycles. The minimum Gasteiger partial charge on any atom is -0.458 e. The van der Waals surface area contributed by atoms with Crippen molar-refractivity contribution in [3.8, 4) is 0 Å². The number of ether oxygens (including phenoxy) is 1. The van der Waals surface area contributed by atoms with E-state index >= 15 is 0 Å². The number of ketones is 1. The van der Waals surface area contributed by atoms with Gasteiger partial charge in [-0.05, 0) is 92.4 Å². The standard InChI is InChI=1S/C24H32O3/c1-3-23-9-5-17-21(18(23)6-10-24(23)11-7-20(26)27-24)16-13-15(16)19-12-14(25)4-8-22(17,19)2/h12,15-18,21H,3-11,13H2,1-2H3. The number of hydrogen-bond donors (Lipinski definition) is 0. The van der Waals surface area contributed by atoms with Crippen molar-refractivity contribution >= 4 is 11.8 Å². The lowest BCUT2D eigenvalue weighted by Gasteiger charge is -2.59. The molecule has 6 rings (SSSR count). The minimum absolute atomic E-state index is 0.0431. The van der Waals surface area contributed by atoms with Crippen molar-refractivity contribution < 1.29 is 14.3 Å². The molecule has 1 aliphatic heterocycles. The number of hydrogen-bond acceptors (Lipinski definition) is 3. The second-order valence-electron chi connectivity index (χ2n) is 10.8. The van der Waals surface area contributed by atoms with Gasteiger partial charge in [0.1, 0.15) is 5.60 Å². The Kier molecular flexibility index (Phi) is 3.16. The van der Waals surface area contributed by atoms with E-state index in [9.17, 15) is 9.59 Å². The van der Waals surface area contributed by atoms with Crippen LogP contribution in [-0.2, 0) is 14.3 Å². The van der Waals surface area contributed by atoms with Crippen LogP contribution in [0.4, 0.5) is 0 Å².